The number of hydrogen-bond donors (Lipinski definition) is 1. The Labute approximate surface area is 146 Å². The van der Waals surface area contributed by atoms with Crippen LogP contribution in [0.25, 0.3) is 11.2 Å². The molecule has 4 rings (SSSR count). The smallest absolute Gasteiger partial charge is 0.165 e. The second-order valence-corrected chi connectivity index (χ2v) is 6.18. The quantitative estimate of drug-likeness (QED) is 0.625. The zero-order chi connectivity index (χ0) is 17.3. The molecule has 0 aliphatic heterocycles. The van der Waals surface area contributed by atoms with E-state index in [-0.39, 0.29) is 0 Å². The number of nitrogens with two attached hydrogens (primary N) is 1. The maximum absolute atomic E-state index is 6.98. The molecule has 1 radical (unpaired) electrons. The highest BCUT2D eigenvalue weighted by molar-refractivity contribution is 5.69. The average molecular weight is 328 g/mol. The molecule has 0 spiro atoms. The van der Waals surface area contributed by atoms with Gasteiger partial charge in [0, 0.05) is 12.0 Å². The van der Waals surface area contributed by atoms with Gasteiger partial charge in [-0.1, -0.05) is 48.5 Å². The summed E-state index contributed by atoms with van der Waals surface area (Å²) < 4.78 is 1.92. The molecule has 0 bridgehead atoms. The lowest BCUT2D eigenvalue weighted by Crippen LogP contribution is -2.46. The molecule has 2 aromatic carbocycles. The van der Waals surface area contributed by atoms with Crippen molar-refractivity contribution in [1.29, 1.82) is 0 Å². The number of benzene rings is 2. The van der Waals surface area contributed by atoms with Crippen LogP contribution in [0.2, 0.25) is 0 Å². The third-order valence-electron chi connectivity index (χ3n) is 4.37. The highest BCUT2D eigenvalue weighted by Gasteiger charge is 2.32. The van der Waals surface area contributed by atoms with Crippen molar-refractivity contribution in [3.05, 3.63) is 90.1 Å². The minimum atomic E-state index is -0.851. The van der Waals surface area contributed by atoms with Crippen LogP contribution < -0.4 is 5.73 Å². The molecule has 123 valence electrons. The Morgan fingerprint density at radius 3 is 2.72 bits per heavy atom. The highest BCUT2D eigenvalue weighted by atomic mass is 15.2. The van der Waals surface area contributed by atoms with Crippen molar-refractivity contribution in [2.75, 3.05) is 0 Å². The first-order chi connectivity index (χ1) is 12.2. The minimum Gasteiger partial charge on any atom is -0.304 e. The third kappa shape index (κ3) is 2.79. The van der Waals surface area contributed by atoms with Gasteiger partial charge >= 0.3 is 0 Å². The molecule has 25 heavy (non-hydrogen) atoms. The van der Waals surface area contributed by atoms with E-state index in [0.29, 0.717) is 12.1 Å². The van der Waals surface area contributed by atoms with Crippen LogP contribution in [0.3, 0.4) is 0 Å². The number of imidazole rings is 1. The lowest BCUT2D eigenvalue weighted by Gasteiger charge is -2.32. The van der Waals surface area contributed by atoms with Crippen molar-refractivity contribution in [1.82, 2.24) is 19.5 Å². The number of rotatable bonds is 4. The molecular formula is C20H18N5. The molecule has 4 aromatic rings. The first-order valence-corrected chi connectivity index (χ1v) is 8.12. The Morgan fingerprint density at radius 2 is 1.92 bits per heavy atom. The van der Waals surface area contributed by atoms with Gasteiger partial charge in [0.25, 0.3) is 0 Å². The van der Waals surface area contributed by atoms with Gasteiger partial charge in [0.15, 0.2) is 5.65 Å². The van der Waals surface area contributed by atoms with Gasteiger partial charge in [-0.2, -0.15) is 0 Å². The first kappa shape index (κ1) is 15.5. The van der Waals surface area contributed by atoms with Crippen molar-refractivity contribution in [3.8, 4) is 0 Å². The van der Waals surface area contributed by atoms with Gasteiger partial charge in [-0.05, 0) is 24.1 Å². The Morgan fingerprint density at radius 1 is 1.08 bits per heavy atom. The number of aromatic nitrogens is 4. The molecule has 0 aliphatic carbocycles. The van der Waals surface area contributed by atoms with E-state index in [1.165, 1.54) is 6.33 Å². The molecule has 0 saturated carbocycles. The summed E-state index contributed by atoms with van der Waals surface area (Å²) in [6.45, 7) is 2.01. The van der Waals surface area contributed by atoms with Gasteiger partial charge in [0.05, 0.1) is 12.5 Å². The fraction of sp³-hybridized carbons (Fsp3) is 0.150. The van der Waals surface area contributed by atoms with Crippen LogP contribution in [-0.4, -0.2) is 19.5 Å². The summed E-state index contributed by atoms with van der Waals surface area (Å²) >= 11 is 0. The van der Waals surface area contributed by atoms with E-state index in [1.807, 2.05) is 47.9 Å². The number of nitrogens with zero attached hydrogens (tertiary/aromatic N) is 4. The predicted octanol–water partition coefficient (Wildman–Crippen LogP) is 2.84. The molecule has 1 atom stereocenters. The summed E-state index contributed by atoms with van der Waals surface area (Å²) in [5.41, 5.74) is 10.6. The van der Waals surface area contributed by atoms with Gasteiger partial charge in [-0.3, -0.25) is 4.57 Å². The van der Waals surface area contributed by atoms with Crippen LogP contribution in [0, 0.1) is 13.0 Å². The molecule has 5 heteroatoms. The Bertz CT molecular complexity index is 1010. The number of hydrogen-bond acceptors (Lipinski definition) is 4. The summed E-state index contributed by atoms with van der Waals surface area (Å²) in [5, 5.41) is 0. The Kier molecular flexibility index (Phi) is 3.78. The van der Waals surface area contributed by atoms with Gasteiger partial charge < -0.3 is 5.73 Å². The fourth-order valence-corrected chi connectivity index (χ4v) is 3.11. The Balaban J connectivity index is 1.92. The maximum Gasteiger partial charge on any atom is 0.165 e. The normalized spacial score (nSPS) is 13.7. The summed E-state index contributed by atoms with van der Waals surface area (Å²) in [6.07, 6.45) is 5.55. The zero-order valence-electron chi connectivity index (χ0n) is 13.9. The monoisotopic (exact) mass is 328 g/mol. The van der Waals surface area contributed by atoms with Crippen LogP contribution in [0.1, 0.15) is 16.7 Å². The van der Waals surface area contributed by atoms with Gasteiger partial charge in [0.2, 0.25) is 0 Å². The van der Waals surface area contributed by atoms with E-state index in [0.717, 1.165) is 22.2 Å². The Hall–Kier alpha value is -3.05. The largest absolute Gasteiger partial charge is 0.304 e. The molecule has 5 nitrogen and oxygen atoms in total. The van der Waals surface area contributed by atoms with Crippen LogP contribution >= 0.6 is 0 Å². The molecule has 0 amide bonds. The van der Waals surface area contributed by atoms with Crippen LogP contribution in [0.15, 0.2) is 67.4 Å². The summed E-state index contributed by atoms with van der Waals surface area (Å²) in [7, 11) is 0. The lowest BCUT2D eigenvalue weighted by molar-refractivity contribution is 0.372. The zero-order valence-corrected chi connectivity index (χ0v) is 13.9. The van der Waals surface area contributed by atoms with E-state index >= 15 is 0 Å². The molecule has 1 unspecified atom stereocenters. The summed E-state index contributed by atoms with van der Waals surface area (Å²) in [6, 6.07) is 19.6. The molecule has 2 N–H and O–H groups in total. The molecule has 0 aliphatic rings. The van der Waals surface area contributed by atoms with Crippen molar-refractivity contribution >= 4 is 11.2 Å². The minimum absolute atomic E-state index is 0.600. The molecule has 0 fully saturated rings. The fourth-order valence-electron chi connectivity index (χ4n) is 3.11. The SMILES string of the molecule is Cc1[c]c(C(N)(Cc2ccccc2)n2cnc3cncnc32)ccc1. The van der Waals surface area contributed by atoms with E-state index < -0.39 is 5.66 Å². The van der Waals surface area contributed by atoms with Crippen LogP contribution in [0.4, 0.5) is 0 Å². The van der Waals surface area contributed by atoms with Gasteiger partial charge in [-0.15, -0.1) is 0 Å². The maximum atomic E-state index is 6.98. The number of fused-ring (bicyclic) bond motifs is 1. The van der Waals surface area contributed by atoms with E-state index in [2.05, 4.69) is 33.2 Å². The molecular weight excluding hydrogens is 310 g/mol. The van der Waals surface area contributed by atoms with Crippen molar-refractivity contribution < 1.29 is 0 Å². The second kappa shape index (κ2) is 6.11. The standard InChI is InChI=1S/C20H18N5/c1-15-6-5-9-17(10-15)20(21,11-16-7-3-2-4-8-16)25-14-24-18-12-22-13-23-19(18)25/h2-9,12-14H,11,21H2,1H3. The number of aryl methyl sites for hydroxylation is 1. The van der Waals surface area contributed by atoms with Gasteiger partial charge in [0.1, 0.15) is 17.5 Å². The van der Waals surface area contributed by atoms with Gasteiger partial charge in [-0.25, -0.2) is 15.0 Å². The van der Waals surface area contributed by atoms with E-state index in [9.17, 15) is 0 Å². The van der Waals surface area contributed by atoms with Crippen molar-refractivity contribution in [2.24, 2.45) is 5.73 Å². The van der Waals surface area contributed by atoms with E-state index in [4.69, 9.17) is 5.73 Å². The molecule has 0 saturated heterocycles. The molecule has 2 aromatic heterocycles. The predicted molar refractivity (Wildman–Crippen MR) is 96.7 cm³/mol. The molecule has 2 heterocycles. The summed E-state index contributed by atoms with van der Waals surface area (Å²) in [4.78, 5) is 12.9. The van der Waals surface area contributed by atoms with Crippen molar-refractivity contribution in [2.45, 2.75) is 19.0 Å². The topological polar surface area (TPSA) is 69.6 Å². The highest BCUT2D eigenvalue weighted by Crippen LogP contribution is 2.28. The lowest BCUT2D eigenvalue weighted by atomic mass is 9.91. The van der Waals surface area contributed by atoms with E-state index in [1.54, 1.807) is 12.5 Å². The van der Waals surface area contributed by atoms with Crippen LogP contribution in [0.5, 0.6) is 0 Å². The third-order valence-corrected chi connectivity index (χ3v) is 4.37. The summed E-state index contributed by atoms with van der Waals surface area (Å²) in [5.74, 6) is 0. The van der Waals surface area contributed by atoms with Crippen LogP contribution in [-0.2, 0) is 12.1 Å². The van der Waals surface area contributed by atoms with Crippen molar-refractivity contribution in [3.63, 3.8) is 0 Å². The second-order valence-electron chi connectivity index (χ2n) is 6.18. The average Bonchev–Trinajstić information content (AvgIpc) is 3.07. The first-order valence-electron chi connectivity index (χ1n) is 8.12.